The molecule has 1 unspecified atom stereocenters. The highest BCUT2D eigenvalue weighted by Gasteiger charge is 2.12. The van der Waals surface area contributed by atoms with Gasteiger partial charge in [-0.2, -0.15) is 0 Å². The largest absolute Gasteiger partial charge is 0.271 e. The van der Waals surface area contributed by atoms with Gasteiger partial charge in [-0.25, -0.2) is 8.78 Å². The normalized spacial score (nSPS) is 12.4. The first-order chi connectivity index (χ1) is 10.1. The number of hydrogen-bond acceptors (Lipinski definition) is 2. The molecule has 0 radical (unpaired) electrons. The molecule has 0 aliphatic carbocycles. The number of halogens is 2. The minimum Gasteiger partial charge on any atom is -0.271 e. The number of hydrogen-bond donors (Lipinski definition) is 2. The Labute approximate surface area is 124 Å². The Bertz CT molecular complexity index is 582. The smallest absolute Gasteiger partial charge is 0.159 e. The van der Waals surface area contributed by atoms with E-state index in [4.69, 9.17) is 5.84 Å². The third-order valence-corrected chi connectivity index (χ3v) is 3.55. The Morgan fingerprint density at radius 2 is 1.67 bits per heavy atom. The van der Waals surface area contributed by atoms with Gasteiger partial charge in [-0.3, -0.25) is 11.3 Å². The van der Waals surface area contributed by atoms with E-state index in [9.17, 15) is 8.78 Å². The maximum Gasteiger partial charge on any atom is 0.159 e. The van der Waals surface area contributed by atoms with Crippen molar-refractivity contribution in [3.8, 4) is 0 Å². The molecular weight excluding hydrogens is 270 g/mol. The van der Waals surface area contributed by atoms with Gasteiger partial charge in [-0.05, 0) is 41.7 Å². The molecule has 0 amide bonds. The summed E-state index contributed by atoms with van der Waals surface area (Å²) in [6.45, 7) is 2.14. The first kappa shape index (κ1) is 15.6. The van der Waals surface area contributed by atoms with Crippen LogP contribution in [0.15, 0.2) is 42.5 Å². The minimum atomic E-state index is -0.833. The van der Waals surface area contributed by atoms with Crippen LogP contribution in [0.3, 0.4) is 0 Å². The van der Waals surface area contributed by atoms with Crippen molar-refractivity contribution in [2.75, 3.05) is 0 Å². The molecule has 0 aliphatic rings. The fourth-order valence-electron chi connectivity index (χ4n) is 2.38. The number of nitrogens with one attached hydrogen (secondary N) is 1. The summed E-state index contributed by atoms with van der Waals surface area (Å²) in [5.74, 6) is 3.93. The van der Waals surface area contributed by atoms with Gasteiger partial charge >= 0.3 is 0 Å². The molecule has 2 aromatic rings. The van der Waals surface area contributed by atoms with E-state index in [1.54, 1.807) is 6.07 Å². The molecule has 3 N–H and O–H groups in total. The van der Waals surface area contributed by atoms with Gasteiger partial charge in [-0.1, -0.05) is 43.7 Å². The Morgan fingerprint density at radius 3 is 2.24 bits per heavy atom. The summed E-state index contributed by atoms with van der Waals surface area (Å²) in [5, 5.41) is 0. The number of benzene rings is 2. The maximum absolute atomic E-state index is 13.2. The quantitative estimate of drug-likeness (QED) is 0.629. The third-order valence-electron chi connectivity index (χ3n) is 3.55. The molecule has 2 aromatic carbocycles. The van der Waals surface area contributed by atoms with Crippen LogP contribution in [0, 0.1) is 11.6 Å². The van der Waals surface area contributed by atoms with Crippen LogP contribution < -0.4 is 11.3 Å². The number of hydrazine groups is 1. The topological polar surface area (TPSA) is 38.0 Å². The van der Waals surface area contributed by atoms with Crippen LogP contribution in [0.5, 0.6) is 0 Å². The molecule has 0 fully saturated rings. The molecule has 1 atom stereocenters. The number of nitrogens with two attached hydrogens (primary N) is 1. The molecular formula is C17H20F2N2. The van der Waals surface area contributed by atoms with Gasteiger partial charge in [0, 0.05) is 6.04 Å². The average Bonchev–Trinajstić information content (AvgIpc) is 2.50. The minimum absolute atomic E-state index is 0.134. The van der Waals surface area contributed by atoms with Crippen molar-refractivity contribution in [3.63, 3.8) is 0 Å². The molecule has 2 rings (SSSR count). The highest BCUT2D eigenvalue weighted by atomic mass is 19.2. The standard InChI is InChI=1S/C17H20F2N2/c1-2-3-12-4-7-14(8-5-12)17(21-20)11-13-6-9-15(18)16(19)10-13/h4-10,17,21H,2-3,11,20H2,1H3. The van der Waals surface area contributed by atoms with Gasteiger partial charge in [0.2, 0.25) is 0 Å². The Morgan fingerprint density at radius 1 is 1.00 bits per heavy atom. The van der Waals surface area contributed by atoms with E-state index in [2.05, 4.69) is 24.5 Å². The summed E-state index contributed by atoms with van der Waals surface area (Å²) in [6, 6.07) is 12.0. The molecule has 0 aromatic heterocycles. The number of rotatable bonds is 6. The summed E-state index contributed by atoms with van der Waals surface area (Å²) in [4.78, 5) is 0. The first-order valence-electron chi connectivity index (χ1n) is 7.13. The van der Waals surface area contributed by atoms with Gasteiger partial charge in [0.1, 0.15) is 0 Å². The summed E-state index contributed by atoms with van der Waals surface area (Å²) >= 11 is 0. The second-order valence-corrected chi connectivity index (χ2v) is 5.16. The zero-order chi connectivity index (χ0) is 15.2. The summed E-state index contributed by atoms with van der Waals surface area (Å²) in [7, 11) is 0. The van der Waals surface area contributed by atoms with E-state index >= 15 is 0 Å². The first-order valence-corrected chi connectivity index (χ1v) is 7.13. The third kappa shape index (κ3) is 4.09. The monoisotopic (exact) mass is 290 g/mol. The lowest BCUT2D eigenvalue weighted by Crippen LogP contribution is -2.29. The highest BCUT2D eigenvalue weighted by Crippen LogP contribution is 2.20. The van der Waals surface area contributed by atoms with Crippen molar-refractivity contribution >= 4 is 0 Å². The molecule has 0 heterocycles. The molecule has 0 aliphatic heterocycles. The second kappa shape index (κ2) is 7.29. The van der Waals surface area contributed by atoms with Crippen LogP contribution in [0.4, 0.5) is 8.78 Å². The van der Waals surface area contributed by atoms with E-state index in [0.717, 1.165) is 24.5 Å². The lowest BCUT2D eigenvalue weighted by molar-refractivity contribution is 0.502. The molecule has 21 heavy (non-hydrogen) atoms. The van der Waals surface area contributed by atoms with Crippen molar-refractivity contribution in [1.82, 2.24) is 5.43 Å². The molecule has 112 valence electrons. The van der Waals surface area contributed by atoms with E-state index in [0.29, 0.717) is 12.0 Å². The van der Waals surface area contributed by atoms with Crippen LogP contribution in [-0.4, -0.2) is 0 Å². The van der Waals surface area contributed by atoms with Crippen LogP contribution in [0.2, 0.25) is 0 Å². The van der Waals surface area contributed by atoms with Crippen LogP contribution in [-0.2, 0) is 12.8 Å². The zero-order valence-corrected chi connectivity index (χ0v) is 12.1. The van der Waals surface area contributed by atoms with Gasteiger partial charge in [0.25, 0.3) is 0 Å². The zero-order valence-electron chi connectivity index (χ0n) is 12.1. The maximum atomic E-state index is 13.2. The molecule has 0 spiro atoms. The molecule has 0 saturated heterocycles. The van der Waals surface area contributed by atoms with Gasteiger partial charge in [-0.15, -0.1) is 0 Å². The molecule has 2 nitrogen and oxygen atoms in total. The van der Waals surface area contributed by atoms with E-state index in [1.165, 1.54) is 11.6 Å². The van der Waals surface area contributed by atoms with Crippen molar-refractivity contribution in [3.05, 3.63) is 70.8 Å². The van der Waals surface area contributed by atoms with E-state index in [1.807, 2.05) is 12.1 Å². The second-order valence-electron chi connectivity index (χ2n) is 5.16. The van der Waals surface area contributed by atoms with Gasteiger partial charge in [0.15, 0.2) is 11.6 Å². The fourth-order valence-corrected chi connectivity index (χ4v) is 2.38. The van der Waals surface area contributed by atoms with Crippen molar-refractivity contribution in [2.24, 2.45) is 5.84 Å². The lowest BCUT2D eigenvalue weighted by Gasteiger charge is -2.17. The van der Waals surface area contributed by atoms with Crippen molar-refractivity contribution in [2.45, 2.75) is 32.2 Å². The Kier molecular flexibility index (Phi) is 5.42. The summed E-state index contributed by atoms with van der Waals surface area (Å²) in [5.41, 5.74) is 5.75. The van der Waals surface area contributed by atoms with Crippen molar-refractivity contribution in [1.29, 1.82) is 0 Å². The highest BCUT2D eigenvalue weighted by molar-refractivity contribution is 5.27. The van der Waals surface area contributed by atoms with Crippen LogP contribution in [0.1, 0.15) is 36.1 Å². The van der Waals surface area contributed by atoms with E-state index in [-0.39, 0.29) is 6.04 Å². The van der Waals surface area contributed by atoms with Gasteiger partial charge < -0.3 is 0 Å². The molecule has 4 heteroatoms. The Hall–Kier alpha value is -1.78. The summed E-state index contributed by atoms with van der Waals surface area (Å²) < 4.78 is 26.2. The Balaban J connectivity index is 2.13. The van der Waals surface area contributed by atoms with E-state index < -0.39 is 11.6 Å². The molecule has 0 saturated carbocycles. The molecule has 0 bridgehead atoms. The predicted molar refractivity (Wildman–Crippen MR) is 80.6 cm³/mol. The fraction of sp³-hybridized carbons (Fsp3) is 0.294. The van der Waals surface area contributed by atoms with Crippen molar-refractivity contribution < 1.29 is 8.78 Å². The predicted octanol–water partition coefficient (Wildman–Crippen LogP) is 3.66. The summed E-state index contributed by atoms with van der Waals surface area (Å²) in [6.07, 6.45) is 2.65. The lowest BCUT2D eigenvalue weighted by atomic mass is 9.97. The number of aryl methyl sites for hydroxylation is 1. The van der Waals surface area contributed by atoms with Crippen LogP contribution in [0.25, 0.3) is 0 Å². The van der Waals surface area contributed by atoms with Gasteiger partial charge in [0.05, 0.1) is 0 Å². The van der Waals surface area contributed by atoms with Crippen LogP contribution >= 0.6 is 0 Å². The average molecular weight is 290 g/mol. The SMILES string of the molecule is CCCc1ccc(C(Cc2ccc(F)c(F)c2)NN)cc1.